The molecule has 0 saturated carbocycles. The van der Waals surface area contributed by atoms with E-state index in [9.17, 15) is 0 Å². The van der Waals surface area contributed by atoms with Gasteiger partial charge in [-0.3, -0.25) is 0 Å². The molecule has 0 amide bonds. The monoisotopic (exact) mass is 552 g/mol. The van der Waals surface area contributed by atoms with Crippen LogP contribution in [0.1, 0.15) is 0 Å². The molecule has 42 heavy (non-hydrogen) atoms. The van der Waals surface area contributed by atoms with Gasteiger partial charge in [-0.05, 0) is 88.0 Å². The Balaban J connectivity index is 1.26. The smallest absolute Gasteiger partial charge is 0.250 e. The van der Waals surface area contributed by atoms with E-state index < -0.39 is 0 Å². The Morgan fingerprint density at radius 2 is 1.17 bits per heavy atom. The SMILES string of the molecule is c1ccc(N(c2ccccc2)c2cccc(N3c4ccccc4B4c5c(cccc53)-c3sc5ccccc5c34)c2)cc1. The fraction of sp³-hybridized carbons (Fsp3) is 0. The molecule has 2 nitrogen and oxygen atoms in total. The number of anilines is 6. The summed E-state index contributed by atoms with van der Waals surface area (Å²) in [6.45, 7) is 0.239. The highest BCUT2D eigenvalue weighted by molar-refractivity contribution is 7.27. The lowest BCUT2D eigenvalue weighted by molar-refractivity contribution is 1.25. The average molecular weight is 553 g/mol. The van der Waals surface area contributed by atoms with E-state index in [-0.39, 0.29) is 6.71 Å². The zero-order valence-electron chi connectivity index (χ0n) is 22.8. The lowest BCUT2D eigenvalue weighted by Gasteiger charge is -2.36. The standard InChI is InChI=1S/C38H25BN2S/c1-3-13-26(14-4-1)40(27-15-5-2-6-16-27)28-17-11-18-29(25-28)41-33-22-9-8-21-32(33)39-36-31(20-12-23-34(36)41)38-37(39)30-19-7-10-24-35(30)42-38/h1-25H. The third kappa shape index (κ3) is 3.39. The molecule has 0 radical (unpaired) electrons. The Bertz CT molecular complexity index is 2080. The molecule has 2 aliphatic heterocycles. The van der Waals surface area contributed by atoms with Crippen molar-refractivity contribution in [3.8, 4) is 10.4 Å². The minimum atomic E-state index is 0.239. The molecule has 0 bridgehead atoms. The highest BCUT2D eigenvalue weighted by Crippen LogP contribution is 2.45. The molecule has 9 rings (SSSR count). The summed E-state index contributed by atoms with van der Waals surface area (Å²) in [7, 11) is 0. The number of benzene rings is 6. The Kier molecular flexibility index (Phi) is 5.20. The molecule has 6 aromatic carbocycles. The minimum absolute atomic E-state index is 0.239. The number of rotatable bonds is 4. The van der Waals surface area contributed by atoms with E-state index in [1.807, 2.05) is 11.3 Å². The van der Waals surface area contributed by atoms with Crippen LogP contribution in [-0.4, -0.2) is 6.71 Å². The van der Waals surface area contributed by atoms with E-state index in [1.54, 1.807) is 0 Å². The maximum Gasteiger partial charge on any atom is 0.250 e. The summed E-state index contributed by atoms with van der Waals surface area (Å²) in [5.74, 6) is 0. The lowest BCUT2D eigenvalue weighted by Crippen LogP contribution is -2.54. The van der Waals surface area contributed by atoms with Crippen LogP contribution in [0.25, 0.3) is 20.5 Å². The van der Waals surface area contributed by atoms with Crippen molar-refractivity contribution in [2.75, 3.05) is 9.80 Å². The topological polar surface area (TPSA) is 6.48 Å². The van der Waals surface area contributed by atoms with Gasteiger partial charge in [-0.25, -0.2) is 0 Å². The van der Waals surface area contributed by atoms with Gasteiger partial charge in [-0.1, -0.05) is 91.0 Å². The first-order chi connectivity index (χ1) is 20.9. The van der Waals surface area contributed by atoms with Crippen LogP contribution in [0.5, 0.6) is 0 Å². The number of hydrogen-bond acceptors (Lipinski definition) is 3. The van der Waals surface area contributed by atoms with Crippen LogP contribution in [0.3, 0.4) is 0 Å². The zero-order chi connectivity index (χ0) is 27.6. The molecular weight excluding hydrogens is 527 g/mol. The Morgan fingerprint density at radius 3 is 1.98 bits per heavy atom. The van der Waals surface area contributed by atoms with Crippen molar-refractivity contribution in [2.24, 2.45) is 0 Å². The molecule has 2 aliphatic rings. The molecule has 0 atom stereocenters. The highest BCUT2D eigenvalue weighted by atomic mass is 32.1. The van der Waals surface area contributed by atoms with Crippen LogP contribution in [-0.2, 0) is 0 Å². The van der Waals surface area contributed by atoms with Crippen molar-refractivity contribution >= 4 is 78.6 Å². The van der Waals surface area contributed by atoms with Crippen LogP contribution < -0.4 is 26.2 Å². The predicted octanol–water partition coefficient (Wildman–Crippen LogP) is 8.65. The van der Waals surface area contributed by atoms with Gasteiger partial charge in [-0.15, -0.1) is 11.3 Å². The van der Waals surface area contributed by atoms with Crippen molar-refractivity contribution in [3.63, 3.8) is 0 Å². The van der Waals surface area contributed by atoms with E-state index in [0.29, 0.717) is 0 Å². The molecule has 0 N–H and O–H groups in total. The van der Waals surface area contributed by atoms with E-state index in [0.717, 1.165) is 22.7 Å². The van der Waals surface area contributed by atoms with Gasteiger partial charge in [0.05, 0.1) is 0 Å². The largest absolute Gasteiger partial charge is 0.311 e. The summed E-state index contributed by atoms with van der Waals surface area (Å²) >= 11 is 1.93. The van der Waals surface area contributed by atoms with Crippen molar-refractivity contribution < 1.29 is 0 Å². The molecule has 1 aromatic heterocycles. The van der Waals surface area contributed by atoms with Gasteiger partial charge in [0.15, 0.2) is 0 Å². The van der Waals surface area contributed by atoms with Crippen LogP contribution in [0.2, 0.25) is 0 Å². The minimum Gasteiger partial charge on any atom is -0.311 e. The lowest BCUT2D eigenvalue weighted by atomic mass is 9.37. The quantitative estimate of drug-likeness (QED) is 0.202. The summed E-state index contributed by atoms with van der Waals surface area (Å²) in [6.07, 6.45) is 0. The summed E-state index contributed by atoms with van der Waals surface area (Å²) < 4.78 is 1.37. The van der Waals surface area contributed by atoms with E-state index in [4.69, 9.17) is 0 Å². The van der Waals surface area contributed by atoms with Gasteiger partial charge in [0, 0.05) is 43.7 Å². The van der Waals surface area contributed by atoms with Crippen LogP contribution in [0, 0.1) is 0 Å². The second-order valence-electron chi connectivity index (χ2n) is 10.9. The van der Waals surface area contributed by atoms with Gasteiger partial charge in [0.2, 0.25) is 6.71 Å². The first-order valence-electron chi connectivity index (χ1n) is 14.4. The third-order valence-corrected chi connectivity index (χ3v) is 9.86. The molecule has 0 aliphatic carbocycles. The van der Waals surface area contributed by atoms with Crippen molar-refractivity contribution in [3.05, 3.63) is 152 Å². The van der Waals surface area contributed by atoms with Gasteiger partial charge in [0.1, 0.15) is 0 Å². The Hall–Kier alpha value is -5.06. The third-order valence-electron chi connectivity index (χ3n) is 8.64. The highest BCUT2D eigenvalue weighted by Gasteiger charge is 2.44. The van der Waals surface area contributed by atoms with Crippen LogP contribution >= 0.6 is 11.3 Å². The Labute approximate surface area is 249 Å². The molecular formula is C38H25BN2S. The zero-order valence-corrected chi connectivity index (χ0v) is 23.6. The second kappa shape index (κ2) is 9.23. The van der Waals surface area contributed by atoms with E-state index in [1.165, 1.54) is 48.3 Å². The molecule has 4 heteroatoms. The summed E-state index contributed by atoms with van der Waals surface area (Å²) in [4.78, 5) is 6.23. The van der Waals surface area contributed by atoms with E-state index >= 15 is 0 Å². The summed E-state index contributed by atoms with van der Waals surface area (Å²) in [5, 5.41) is 1.39. The Morgan fingerprint density at radius 1 is 0.524 bits per heavy atom. The summed E-state index contributed by atoms with van der Waals surface area (Å²) in [6, 6.07) is 55.0. The van der Waals surface area contributed by atoms with E-state index in [2.05, 4.69) is 161 Å². The normalized spacial score (nSPS) is 12.7. The maximum absolute atomic E-state index is 2.47. The predicted molar refractivity (Wildman–Crippen MR) is 181 cm³/mol. The average Bonchev–Trinajstić information content (AvgIpc) is 3.59. The van der Waals surface area contributed by atoms with Crippen molar-refractivity contribution in [2.45, 2.75) is 0 Å². The maximum atomic E-state index is 2.47. The fourth-order valence-corrected chi connectivity index (χ4v) is 8.25. The summed E-state index contributed by atoms with van der Waals surface area (Å²) in [5.41, 5.74) is 12.7. The van der Waals surface area contributed by atoms with Crippen LogP contribution in [0.4, 0.5) is 34.1 Å². The number of fused-ring (bicyclic) bond motifs is 7. The first-order valence-corrected chi connectivity index (χ1v) is 15.2. The van der Waals surface area contributed by atoms with Crippen molar-refractivity contribution in [1.82, 2.24) is 0 Å². The van der Waals surface area contributed by atoms with Crippen LogP contribution in [0.15, 0.2) is 152 Å². The number of nitrogens with zero attached hydrogens (tertiary/aromatic N) is 2. The number of hydrogen-bond donors (Lipinski definition) is 0. The first kappa shape index (κ1) is 23.6. The number of para-hydroxylation sites is 3. The van der Waals surface area contributed by atoms with Gasteiger partial charge < -0.3 is 9.80 Å². The second-order valence-corrected chi connectivity index (χ2v) is 12.0. The van der Waals surface area contributed by atoms with Gasteiger partial charge in [-0.2, -0.15) is 0 Å². The molecule has 7 aromatic rings. The molecule has 0 fully saturated rings. The molecule has 0 unspecified atom stereocenters. The molecule has 0 saturated heterocycles. The molecule has 196 valence electrons. The molecule has 0 spiro atoms. The fourth-order valence-electron chi connectivity index (χ4n) is 6.97. The number of thiophene rings is 1. The van der Waals surface area contributed by atoms with Gasteiger partial charge >= 0.3 is 0 Å². The van der Waals surface area contributed by atoms with Crippen molar-refractivity contribution in [1.29, 1.82) is 0 Å². The molecule has 3 heterocycles. The van der Waals surface area contributed by atoms with Gasteiger partial charge in [0.25, 0.3) is 0 Å².